The van der Waals surface area contributed by atoms with E-state index in [0.717, 1.165) is 0 Å². The molecule has 0 saturated carbocycles. The summed E-state index contributed by atoms with van der Waals surface area (Å²) in [6, 6.07) is 1.48. The van der Waals surface area contributed by atoms with Crippen molar-refractivity contribution >= 4 is 16.9 Å². The van der Waals surface area contributed by atoms with Crippen molar-refractivity contribution in [3.8, 4) is 0 Å². The van der Waals surface area contributed by atoms with Crippen LogP contribution in [0.1, 0.15) is 6.23 Å². The van der Waals surface area contributed by atoms with Crippen LogP contribution >= 0.6 is 0 Å². The number of fused-ring (bicyclic) bond motifs is 1. The molecule has 4 atom stereocenters. The lowest BCUT2D eigenvalue weighted by molar-refractivity contribution is -0.0508. The zero-order chi connectivity index (χ0) is 14.4. The fourth-order valence-corrected chi connectivity index (χ4v) is 2.37. The number of aliphatic hydroxyl groups excluding tert-OH is 3. The molecule has 1 saturated heterocycles. The lowest BCUT2D eigenvalue weighted by Gasteiger charge is -2.17. The Bertz CT molecular complexity index is 696. The predicted molar refractivity (Wildman–Crippen MR) is 67.8 cm³/mol. The van der Waals surface area contributed by atoms with E-state index in [2.05, 4.69) is 9.97 Å². The number of hydrogen-bond acceptors (Lipinski definition) is 7. The molecule has 20 heavy (non-hydrogen) atoms. The minimum Gasteiger partial charge on any atom is -0.394 e. The highest BCUT2D eigenvalue weighted by Gasteiger charge is 2.43. The van der Waals surface area contributed by atoms with Gasteiger partial charge in [0, 0.05) is 6.07 Å². The molecule has 9 heteroatoms. The second kappa shape index (κ2) is 4.56. The van der Waals surface area contributed by atoms with E-state index < -0.39 is 36.7 Å². The number of hydrogen-bond donors (Lipinski definition) is 5. The molecule has 6 N–H and O–H groups in total. The maximum atomic E-state index is 11.7. The van der Waals surface area contributed by atoms with Gasteiger partial charge in [0.25, 0.3) is 5.56 Å². The van der Waals surface area contributed by atoms with Gasteiger partial charge in [-0.15, -0.1) is 0 Å². The number of aromatic nitrogens is 3. The molecular weight excluding hydrogens is 268 g/mol. The van der Waals surface area contributed by atoms with Gasteiger partial charge in [0.1, 0.15) is 24.1 Å². The predicted octanol–water partition coefficient (Wildman–Crippen LogP) is -2.08. The summed E-state index contributed by atoms with van der Waals surface area (Å²) in [7, 11) is 0. The van der Waals surface area contributed by atoms with Gasteiger partial charge >= 0.3 is 0 Å². The van der Waals surface area contributed by atoms with Crippen LogP contribution in [0.2, 0.25) is 0 Å². The van der Waals surface area contributed by atoms with Gasteiger partial charge < -0.3 is 35.3 Å². The van der Waals surface area contributed by atoms with Crippen LogP contribution in [-0.4, -0.2) is 54.8 Å². The van der Waals surface area contributed by atoms with Crippen molar-refractivity contribution in [1.82, 2.24) is 14.5 Å². The Hall–Kier alpha value is -1.94. The van der Waals surface area contributed by atoms with Crippen LogP contribution in [0.25, 0.3) is 11.0 Å². The molecule has 1 aliphatic rings. The molecule has 108 valence electrons. The third kappa shape index (κ3) is 1.79. The Morgan fingerprint density at radius 3 is 2.85 bits per heavy atom. The molecular formula is C11H14N4O5. The second-order valence-electron chi connectivity index (χ2n) is 4.67. The first-order chi connectivity index (χ1) is 9.52. The van der Waals surface area contributed by atoms with Crippen molar-refractivity contribution in [1.29, 1.82) is 0 Å². The van der Waals surface area contributed by atoms with E-state index >= 15 is 0 Å². The molecule has 0 aliphatic carbocycles. The first kappa shape index (κ1) is 13.1. The molecule has 3 rings (SSSR count). The van der Waals surface area contributed by atoms with Crippen LogP contribution in [0, 0.1) is 0 Å². The number of rotatable bonds is 2. The van der Waals surface area contributed by atoms with Crippen LogP contribution in [0.4, 0.5) is 5.82 Å². The van der Waals surface area contributed by atoms with Crippen LogP contribution in [0.5, 0.6) is 0 Å². The molecule has 0 radical (unpaired) electrons. The zero-order valence-corrected chi connectivity index (χ0v) is 10.3. The molecule has 0 spiro atoms. The molecule has 1 fully saturated rings. The third-order valence-electron chi connectivity index (χ3n) is 3.39. The molecule has 1 unspecified atom stereocenters. The Morgan fingerprint density at radius 2 is 2.20 bits per heavy atom. The Kier molecular flexibility index (Phi) is 2.98. The summed E-state index contributed by atoms with van der Waals surface area (Å²) in [6.45, 7) is -0.427. The van der Waals surface area contributed by atoms with E-state index in [1.807, 2.05) is 0 Å². The van der Waals surface area contributed by atoms with E-state index in [-0.39, 0.29) is 11.3 Å². The number of anilines is 1. The van der Waals surface area contributed by atoms with Gasteiger partial charge in [-0.3, -0.25) is 4.79 Å². The molecule has 3 heterocycles. The summed E-state index contributed by atoms with van der Waals surface area (Å²) < 4.78 is 6.79. The van der Waals surface area contributed by atoms with Gasteiger partial charge in [-0.1, -0.05) is 0 Å². The van der Waals surface area contributed by atoms with E-state index in [1.54, 1.807) is 0 Å². The van der Waals surface area contributed by atoms with Gasteiger partial charge in [0.2, 0.25) is 0 Å². The molecule has 2 aromatic rings. The minimum atomic E-state index is -1.25. The van der Waals surface area contributed by atoms with Crippen LogP contribution in [-0.2, 0) is 4.74 Å². The first-order valence-electron chi connectivity index (χ1n) is 6.00. The summed E-state index contributed by atoms with van der Waals surface area (Å²) in [5.74, 6) is 0.149. The maximum absolute atomic E-state index is 11.7. The summed E-state index contributed by atoms with van der Waals surface area (Å²) in [5.41, 5.74) is 5.65. The number of ether oxygens (including phenoxy) is 1. The third-order valence-corrected chi connectivity index (χ3v) is 3.39. The van der Waals surface area contributed by atoms with Crippen molar-refractivity contribution in [2.24, 2.45) is 0 Å². The number of nitrogens with two attached hydrogens (primary N) is 1. The molecule has 1 aliphatic heterocycles. The average molecular weight is 282 g/mol. The van der Waals surface area contributed by atoms with Gasteiger partial charge in [-0.2, -0.15) is 0 Å². The summed E-state index contributed by atoms with van der Waals surface area (Å²) >= 11 is 0. The van der Waals surface area contributed by atoms with Crippen molar-refractivity contribution < 1.29 is 20.1 Å². The first-order valence-corrected chi connectivity index (χ1v) is 6.00. The maximum Gasteiger partial charge on any atom is 0.277 e. The highest BCUT2D eigenvalue weighted by atomic mass is 16.6. The van der Waals surface area contributed by atoms with Crippen molar-refractivity contribution in [3.05, 3.63) is 22.7 Å². The molecule has 0 amide bonds. The topological polar surface area (TPSA) is 147 Å². The van der Waals surface area contributed by atoms with E-state index in [1.165, 1.54) is 17.0 Å². The molecule has 9 nitrogen and oxygen atoms in total. The monoisotopic (exact) mass is 282 g/mol. The number of nitrogen functional groups attached to an aromatic ring is 1. The van der Waals surface area contributed by atoms with Crippen molar-refractivity contribution in [3.63, 3.8) is 0 Å². The van der Waals surface area contributed by atoms with Crippen molar-refractivity contribution in [2.75, 3.05) is 12.3 Å². The van der Waals surface area contributed by atoms with E-state index in [0.29, 0.717) is 5.52 Å². The Balaban J connectivity index is 2.09. The number of aliphatic hydroxyl groups is 3. The number of H-pyrrole nitrogens is 1. The van der Waals surface area contributed by atoms with Gasteiger partial charge in [-0.25, -0.2) is 4.98 Å². The standard InChI is InChI=1S/C11H14N4O5/c12-6-1-4-7(10(19)14-6)13-3-15(4)11-9(18)8(17)5(2-16)20-11/h1,3,5,8-9,11,16-18H,2H2,(H3,12,14,19)/t5-,8-,9-,11?/m1/s1. The number of nitrogens with one attached hydrogen (secondary N) is 1. The molecule has 0 bridgehead atoms. The second-order valence-corrected chi connectivity index (χ2v) is 4.67. The average Bonchev–Trinajstić information content (AvgIpc) is 2.93. The van der Waals surface area contributed by atoms with E-state index in [9.17, 15) is 15.0 Å². The fourth-order valence-electron chi connectivity index (χ4n) is 2.37. The minimum absolute atomic E-state index is 0.149. The largest absolute Gasteiger partial charge is 0.394 e. The number of pyridine rings is 1. The smallest absolute Gasteiger partial charge is 0.277 e. The summed E-state index contributed by atoms with van der Waals surface area (Å²) in [4.78, 5) is 18.0. The number of nitrogens with zero attached hydrogens (tertiary/aromatic N) is 2. The summed E-state index contributed by atoms with van der Waals surface area (Å²) in [5, 5.41) is 28.8. The lowest BCUT2D eigenvalue weighted by Crippen LogP contribution is -2.33. The highest BCUT2D eigenvalue weighted by Crippen LogP contribution is 2.31. The molecule has 2 aromatic heterocycles. The van der Waals surface area contributed by atoms with Crippen LogP contribution < -0.4 is 11.3 Å². The number of imidazole rings is 1. The van der Waals surface area contributed by atoms with Crippen LogP contribution in [0.15, 0.2) is 17.2 Å². The highest BCUT2D eigenvalue weighted by molar-refractivity contribution is 5.76. The normalized spacial score (nSPS) is 30.1. The van der Waals surface area contributed by atoms with Gasteiger partial charge in [0.15, 0.2) is 11.7 Å². The van der Waals surface area contributed by atoms with Gasteiger partial charge in [-0.05, 0) is 0 Å². The zero-order valence-electron chi connectivity index (χ0n) is 10.3. The Labute approximate surface area is 112 Å². The Morgan fingerprint density at radius 1 is 1.45 bits per heavy atom. The van der Waals surface area contributed by atoms with E-state index in [4.69, 9.17) is 15.6 Å². The number of aromatic amines is 1. The quantitative estimate of drug-likeness (QED) is 0.424. The SMILES string of the molecule is Nc1cc2c(ncn2C2O[C@H](CO)[C@@H](O)[C@H]2O)c(=O)[nH]1. The van der Waals surface area contributed by atoms with Crippen molar-refractivity contribution in [2.45, 2.75) is 24.5 Å². The summed E-state index contributed by atoms with van der Waals surface area (Å²) in [6.07, 6.45) is -2.99. The fraction of sp³-hybridized carbons (Fsp3) is 0.455. The van der Waals surface area contributed by atoms with Gasteiger partial charge in [0.05, 0.1) is 18.5 Å². The van der Waals surface area contributed by atoms with Crippen LogP contribution in [0.3, 0.4) is 0 Å². The lowest BCUT2D eigenvalue weighted by atomic mass is 10.1. The molecule has 0 aromatic carbocycles.